The minimum atomic E-state index is -0.247. The quantitative estimate of drug-likeness (QED) is 0.554. The fourth-order valence-corrected chi connectivity index (χ4v) is 5.90. The number of nitrogens with zero attached hydrogens (tertiary/aromatic N) is 1. The molecule has 0 bridgehead atoms. The minimum Gasteiger partial charge on any atom is -0.332 e. The zero-order chi connectivity index (χ0) is 20.1. The lowest BCUT2D eigenvalue weighted by atomic mass is 9.95. The van der Waals surface area contributed by atoms with Crippen molar-refractivity contribution in [1.82, 2.24) is 4.90 Å². The summed E-state index contributed by atoms with van der Waals surface area (Å²) < 4.78 is 0.951. The Morgan fingerprint density at radius 2 is 1.83 bits per heavy atom. The first-order chi connectivity index (χ1) is 14.1. The van der Waals surface area contributed by atoms with Crippen molar-refractivity contribution in [3.05, 3.63) is 98.6 Å². The van der Waals surface area contributed by atoms with Crippen LogP contribution < -0.4 is 0 Å². The Hall–Kier alpha value is -2.37. The van der Waals surface area contributed by atoms with Gasteiger partial charge in [0.1, 0.15) is 0 Å². The molecule has 0 saturated heterocycles. The first-order valence-corrected chi connectivity index (χ1v) is 11.2. The summed E-state index contributed by atoms with van der Waals surface area (Å²) in [5.74, 6) is 0.170. The molecule has 0 fully saturated rings. The van der Waals surface area contributed by atoms with E-state index in [4.69, 9.17) is 0 Å². The second kappa shape index (κ2) is 7.15. The average molecular weight is 464 g/mol. The molecule has 3 heterocycles. The maximum atomic E-state index is 13.4. The van der Waals surface area contributed by atoms with Crippen LogP contribution in [0.2, 0.25) is 0 Å². The summed E-state index contributed by atoms with van der Waals surface area (Å²) in [5, 5.41) is -0.247. The molecule has 3 aliphatic heterocycles. The van der Waals surface area contributed by atoms with Gasteiger partial charge in [-0.3, -0.25) is 9.59 Å². The standard InChI is InChI=1S/C24H18BrNO2S/c1-14-21-23(28)20(15-6-3-2-4-7-15)18-8-5-9-19(26(18)21)24(29-14)22(27)16-10-12-17(25)13-11-16/h2-8,10-13,19,24H,9H2,1H3/t19-,24+/m0/s1. The van der Waals surface area contributed by atoms with Gasteiger partial charge in [-0.15, -0.1) is 11.8 Å². The molecule has 2 atom stereocenters. The third kappa shape index (κ3) is 2.95. The molecular weight excluding hydrogens is 446 g/mol. The molecule has 2 aromatic carbocycles. The lowest BCUT2D eigenvalue weighted by Gasteiger charge is -2.42. The van der Waals surface area contributed by atoms with Crippen molar-refractivity contribution in [3.63, 3.8) is 0 Å². The topological polar surface area (TPSA) is 37.4 Å². The van der Waals surface area contributed by atoms with E-state index in [1.54, 1.807) is 0 Å². The monoisotopic (exact) mass is 463 g/mol. The third-order valence-corrected chi connectivity index (χ3v) is 7.48. The smallest absolute Gasteiger partial charge is 0.212 e. The van der Waals surface area contributed by atoms with Gasteiger partial charge in [0, 0.05) is 14.9 Å². The number of ketones is 2. The number of benzene rings is 2. The Morgan fingerprint density at radius 1 is 1.10 bits per heavy atom. The Morgan fingerprint density at radius 3 is 2.55 bits per heavy atom. The summed E-state index contributed by atoms with van der Waals surface area (Å²) in [5.41, 5.74) is 4.01. The van der Waals surface area contributed by atoms with Gasteiger partial charge in [-0.25, -0.2) is 0 Å². The highest BCUT2D eigenvalue weighted by atomic mass is 79.9. The van der Waals surface area contributed by atoms with E-state index in [9.17, 15) is 9.59 Å². The van der Waals surface area contributed by atoms with E-state index in [0.29, 0.717) is 5.56 Å². The summed E-state index contributed by atoms with van der Waals surface area (Å²) in [7, 11) is 0. The van der Waals surface area contributed by atoms with Gasteiger partial charge in [-0.1, -0.05) is 64.5 Å². The Kier molecular flexibility index (Phi) is 4.60. The highest BCUT2D eigenvalue weighted by Crippen LogP contribution is 2.49. The zero-order valence-electron chi connectivity index (χ0n) is 15.8. The van der Waals surface area contributed by atoms with Crippen LogP contribution >= 0.6 is 27.7 Å². The Labute approximate surface area is 182 Å². The average Bonchev–Trinajstić information content (AvgIpc) is 3.05. The summed E-state index contributed by atoms with van der Waals surface area (Å²) in [4.78, 5) is 29.8. The Bertz CT molecular complexity index is 1120. The van der Waals surface area contributed by atoms with Crippen LogP contribution in [0.15, 0.2) is 87.5 Å². The molecule has 2 aromatic rings. The normalized spacial score (nSPS) is 23.0. The van der Waals surface area contributed by atoms with Gasteiger partial charge >= 0.3 is 0 Å². The molecule has 29 heavy (non-hydrogen) atoms. The molecule has 0 radical (unpaired) electrons. The molecule has 0 aliphatic carbocycles. The third-order valence-electron chi connectivity index (χ3n) is 5.62. The Balaban J connectivity index is 1.60. The van der Waals surface area contributed by atoms with Crippen molar-refractivity contribution >= 4 is 44.8 Å². The van der Waals surface area contributed by atoms with Crippen molar-refractivity contribution in [2.24, 2.45) is 0 Å². The first-order valence-electron chi connectivity index (χ1n) is 9.54. The van der Waals surface area contributed by atoms with E-state index in [-0.39, 0.29) is 22.9 Å². The van der Waals surface area contributed by atoms with Crippen molar-refractivity contribution in [2.75, 3.05) is 0 Å². The van der Waals surface area contributed by atoms with Crippen LogP contribution in [0.25, 0.3) is 5.57 Å². The molecule has 5 rings (SSSR count). The maximum Gasteiger partial charge on any atom is 0.212 e. The predicted octanol–water partition coefficient (Wildman–Crippen LogP) is 5.60. The molecule has 3 nitrogen and oxygen atoms in total. The molecule has 0 unspecified atom stereocenters. The largest absolute Gasteiger partial charge is 0.332 e. The van der Waals surface area contributed by atoms with Crippen molar-refractivity contribution < 1.29 is 9.59 Å². The summed E-state index contributed by atoms with van der Waals surface area (Å²) in [6, 6.07) is 17.3. The first kappa shape index (κ1) is 18.6. The van der Waals surface area contributed by atoms with E-state index in [0.717, 1.165) is 38.3 Å². The fourth-order valence-electron chi connectivity index (χ4n) is 4.32. The molecule has 144 valence electrons. The second-order valence-electron chi connectivity index (χ2n) is 7.35. The number of halogens is 1. The maximum absolute atomic E-state index is 13.4. The van der Waals surface area contributed by atoms with Crippen LogP contribution in [0.3, 0.4) is 0 Å². The lowest BCUT2D eigenvalue weighted by molar-refractivity contribution is -0.111. The number of hydrogen-bond donors (Lipinski definition) is 0. The van der Waals surface area contributed by atoms with E-state index in [2.05, 4.69) is 26.9 Å². The zero-order valence-corrected chi connectivity index (χ0v) is 18.2. The lowest BCUT2D eigenvalue weighted by Crippen LogP contribution is -2.47. The SMILES string of the molecule is CC1=C2C(=O)C(c3ccccc3)=C3C=CC[C@@H]([C@H](C(=O)c4ccc(Br)cc4)S1)N32. The predicted molar refractivity (Wildman–Crippen MR) is 120 cm³/mol. The van der Waals surface area contributed by atoms with Gasteiger partial charge in [0.2, 0.25) is 5.78 Å². The molecule has 0 spiro atoms. The number of Topliss-reactive ketones (excluding diaryl/α,β-unsaturated/α-hetero) is 2. The summed E-state index contributed by atoms with van der Waals surface area (Å²) >= 11 is 4.96. The highest BCUT2D eigenvalue weighted by molar-refractivity contribution is 9.10. The number of hydrogen-bond acceptors (Lipinski definition) is 4. The van der Waals surface area contributed by atoms with Crippen LogP contribution in [0, 0.1) is 0 Å². The highest BCUT2D eigenvalue weighted by Gasteiger charge is 2.48. The van der Waals surface area contributed by atoms with Gasteiger partial charge in [0.05, 0.1) is 28.3 Å². The molecule has 0 N–H and O–H groups in total. The number of allylic oxidation sites excluding steroid dienone is 3. The van der Waals surface area contributed by atoms with Gasteiger partial charge in [-0.05, 0) is 37.1 Å². The summed E-state index contributed by atoms with van der Waals surface area (Å²) in [6.45, 7) is 1.96. The van der Waals surface area contributed by atoms with Crippen LogP contribution in [-0.2, 0) is 4.79 Å². The number of thioether (sulfide) groups is 1. The molecular formula is C24H18BrNO2S. The second-order valence-corrected chi connectivity index (χ2v) is 9.62. The van der Waals surface area contributed by atoms with Crippen LogP contribution in [0.4, 0.5) is 0 Å². The van der Waals surface area contributed by atoms with Crippen LogP contribution in [0.1, 0.15) is 29.3 Å². The van der Waals surface area contributed by atoms with Crippen molar-refractivity contribution in [2.45, 2.75) is 24.6 Å². The molecule has 0 aromatic heterocycles. The van der Waals surface area contributed by atoms with E-state index < -0.39 is 0 Å². The van der Waals surface area contributed by atoms with E-state index in [1.807, 2.05) is 67.6 Å². The van der Waals surface area contributed by atoms with Crippen LogP contribution in [0.5, 0.6) is 0 Å². The number of carbonyl (C=O) groups excluding carboxylic acids is 2. The van der Waals surface area contributed by atoms with E-state index >= 15 is 0 Å². The van der Waals surface area contributed by atoms with Crippen molar-refractivity contribution in [1.29, 1.82) is 0 Å². The molecule has 5 heteroatoms. The van der Waals surface area contributed by atoms with Gasteiger partial charge in [0.15, 0.2) is 5.78 Å². The van der Waals surface area contributed by atoms with Crippen LogP contribution in [-0.4, -0.2) is 27.8 Å². The fraction of sp³-hybridized carbons (Fsp3) is 0.167. The molecule has 0 saturated carbocycles. The van der Waals surface area contributed by atoms with Crippen molar-refractivity contribution in [3.8, 4) is 0 Å². The number of rotatable bonds is 3. The van der Waals surface area contributed by atoms with Gasteiger partial charge in [0.25, 0.3) is 0 Å². The van der Waals surface area contributed by atoms with Gasteiger partial charge in [-0.2, -0.15) is 0 Å². The molecule has 0 amide bonds. The number of carbonyl (C=O) groups is 2. The molecule has 3 aliphatic rings. The minimum absolute atomic E-state index is 0.0555. The van der Waals surface area contributed by atoms with E-state index in [1.165, 1.54) is 11.8 Å². The summed E-state index contributed by atoms with van der Waals surface area (Å²) in [6.07, 6.45) is 4.88. The van der Waals surface area contributed by atoms with Gasteiger partial charge < -0.3 is 4.90 Å².